The predicted molar refractivity (Wildman–Crippen MR) is 78.3 cm³/mol. The largest absolute Gasteiger partial charge is 0.493 e. The highest BCUT2D eigenvalue weighted by atomic mass is 16.5. The number of rotatable bonds is 6. The van der Waals surface area contributed by atoms with Crippen molar-refractivity contribution in [2.45, 2.75) is 58.5 Å². The van der Waals surface area contributed by atoms with Crippen molar-refractivity contribution >= 4 is 0 Å². The van der Waals surface area contributed by atoms with Crippen LogP contribution in [0.25, 0.3) is 0 Å². The summed E-state index contributed by atoms with van der Waals surface area (Å²) in [7, 11) is 0. The van der Waals surface area contributed by atoms with Crippen LogP contribution in [0.2, 0.25) is 0 Å². The zero-order valence-electron chi connectivity index (χ0n) is 12.4. The number of pyridine rings is 1. The van der Waals surface area contributed by atoms with E-state index in [0.717, 1.165) is 30.5 Å². The fourth-order valence-corrected chi connectivity index (χ4v) is 2.12. The van der Waals surface area contributed by atoms with E-state index in [1.54, 1.807) is 0 Å². The second-order valence-corrected chi connectivity index (χ2v) is 6.52. The molecule has 1 aliphatic rings. The maximum Gasteiger partial charge on any atom is 0.122 e. The number of aromatic nitrogens is 1. The molecule has 1 saturated carbocycles. The van der Waals surface area contributed by atoms with Gasteiger partial charge in [0.15, 0.2) is 0 Å². The lowest BCUT2D eigenvalue weighted by molar-refractivity contribution is 0.221. The van der Waals surface area contributed by atoms with Gasteiger partial charge in [0.05, 0.1) is 12.3 Å². The first kappa shape index (κ1) is 14.3. The van der Waals surface area contributed by atoms with Crippen molar-refractivity contribution in [3.8, 4) is 5.75 Å². The van der Waals surface area contributed by atoms with Crippen LogP contribution in [-0.2, 0) is 6.54 Å². The molecule has 3 heteroatoms. The van der Waals surface area contributed by atoms with Crippen molar-refractivity contribution in [2.75, 3.05) is 6.61 Å². The first-order valence-corrected chi connectivity index (χ1v) is 7.36. The summed E-state index contributed by atoms with van der Waals surface area (Å²) >= 11 is 0. The van der Waals surface area contributed by atoms with Gasteiger partial charge in [-0.25, -0.2) is 0 Å². The number of hydrogen-bond acceptors (Lipinski definition) is 3. The smallest absolute Gasteiger partial charge is 0.122 e. The van der Waals surface area contributed by atoms with E-state index in [1.807, 2.05) is 18.3 Å². The number of nitrogens with zero attached hydrogens (tertiary/aromatic N) is 1. The van der Waals surface area contributed by atoms with Crippen LogP contribution in [0.5, 0.6) is 5.75 Å². The van der Waals surface area contributed by atoms with Crippen LogP contribution >= 0.6 is 0 Å². The summed E-state index contributed by atoms with van der Waals surface area (Å²) < 4.78 is 5.82. The Morgan fingerprint density at radius 2 is 2.16 bits per heavy atom. The monoisotopic (exact) mass is 262 g/mol. The highest BCUT2D eigenvalue weighted by Gasteiger charge is 2.16. The molecule has 0 bridgehead atoms. The molecule has 19 heavy (non-hydrogen) atoms. The third-order valence-corrected chi connectivity index (χ3v) is 3.61. The van der Waals surface area contributed by atoms with E-state index in [1.165, 1.54) is 25.7 Å². The Bertz CT molecular complexity index is 394. The van der Waals surface area contributed by atoms with E-state index < -0.39 is 0 Å². The van der Waals surface area contributed by atoms with Gasteiger partial charge < -0.3 is 10.1 Å². The Kier molecular flexibility index (Phi) is 4.81. The van der Waals surface area contributed by atoms with Gasteiger partial charge in [-0.15, -0.1) is 0 Å². The SMILES string of the molecule is CC(C)(C)NCc1cc(OCCC2CCC2)ccn1. The molecule has 0 unspecified atom stereocenters. The Morgan fingerprint density at radius 3 is 2.79 bits per heavy atom. The van der Waals surface area contributed by atoms with E-state index in [-0.39, 0.29) is 5.54 Å². The second kappa shape index (κ2) is 6.38. The van der Waals surface area contributed by atoms with Crippen LogP contribution in [0.15, 0.2) is 18.3 Å². The maximum absolute atomic E-state index is 5.82. The summed E-state index contributed by atoms with van der Waals surface area (Å²) in [4.78, 5) is 4.37. The van der Waals surface area contributed by atoms with Crippen molar-refractivity contribution in [3.05, 3.63) is 24.0 Å². The Labute approximate surface area is 116 Å². The molecule has 3 nitrogen and oxygen atoms in total. The average Bonchev–Trinajstić information content (AvgIpc) is 2.30. The predicted octanol–water partition coefficient (Wildman–Crippen LogP) is 3.54. The van der Waals surface area contributed by atoms with Crippen LogP contribution in [0.4, 0.5) is 0 Å². The lowest BCUT2D eigenvalue weighted by Crippen LogP contribution is -2.35. The summed E-state index contributed by atoms with van der Waals surface area (Å²) in [5.41, 5.74) is 1.15. The van der Waals surface area contributed by atoms with Crippen LogP contribution < -0.4 is 10.1 Å². The Morgan fingerprint density at radius 1 is 1.37 bits per heavy atom. The van der Waals surface area contributed by atoms with Crippen LogP contribution in [-0.4, -0.2) is 17.1 Å². The van der Waals surface area contributed by atoms with Crippen LogP contribution in [0.3, 0.4) is 0 Å². The molecule has 1 fully saturated rings. The molecule has 1 aromatic rings. The van der Waals surface area contributed by atoms with Crippen LogP contribution in [0.1, 0.15) is 52.1 Å². The quantitative estimate of drug-likeness (QED) is 0.851. The third kappa shape index (κ3) is 5.19. The van der Waals surface area contributed by atoms with Gasteiger partial charge in [0.2, 0.25) is 0 Å². The molecule has 0 saturated heterocycles. The van der Waals surface area contributed by atoms with E-state index in [4.69, 9.17) is 4.74 Å². The van der Waals surface area contributed by atoms with Gasteiger partial charge in [-0.1, -0.05) is 19.3 Å². The molecule has 1 N–H and O–H groups in total. The van der Waals surface area contributed by atoms with Crippen molar-refractivity contribution in [2.24, 2.45) is 5.92 Å². The topological polar surface area (TPSA) is 34.1 Å². The van der Waals surface area contributed by atoms with Gasteiger partial charge in [-0.2, -0.15) is 0 Å². The first-order chi connectivity index (χ1) is 9.03. The summed E-state index contributed by atoms with van der Waals surface area (Å²) in [6, 6.07) is 3.99. The Balaban J connectivity index is 1.77. The fourth-order valence-electron chi connectivity index (χ4n) is 2.12. The summed E-state index contributed by atoms with van der Waals surface area (Å²) in [6.07, 6.45) is 7.21. The highest BCUT2D eigenvalue weighted by Crippen LogP contribution is 2.29. The average molecular weight is 262 g/mol. The lowest BCUT2D eigenvalue weighted by Gasteiger charge is -2.25. The number of hydrogen-bond donors (Lipinski definition) is 1. The van der Waals surface area contributed by atoms with Gasteiger partial charge in [-0.3, -0.25) is 4.98 Å². The minimum absolute atomic E-state index is 0.114. The van der Waals surface area contributed by atoms with Crippen LogP contribution in [0, 0.1) is 5.92 Å². The molecule has 0 amide bonds. The zero-order valence-corrected chi connectivity index (χ0v) is 12.4. The van der Waals surface area contributed by atoms with E-state index in [0.29, 0.717) is 0 Å². The Hall–Kier alpha value is -1.09. The first-order valence-electron chi connectivity index (χ1n) is 7.36. The summed E-state index contributed by atoms with van der Waals surface area (Å²) in [5.74, 6) is 1.85. The summed E-state index contributed by atoms with van der Waals surface area (Å²) in [6.45, 7) is 8.09. The maximum atomic E-state index is 5.82. The highest BCUT2D eigenvalue weighted by molar-refractivity contribution is 5.22. The molecule has 0 aliphatic heterocycles. The molecular formula is C16H26N2O. The molecular weight excluding hydrogens is 236 g/mol. The van der Waals surface area contributed by atoms with Gasteiger partial charge >= 0.3 is 0 Å². The van der Waals surface area contributed by atoms with E-state index in [2.05, 4.69) is 31.1 Å². The van der Waals surface area contributed by atoms with Crippen molar-refractivity contribution in [1.29, 1.82) is 0 Å². The number of ether oxygens (including phenoxy) is 1. The molecule has 0 spiro atoms. The minimum atomic E-state index is 0.114. The van der Waals surface area contributed by atoms with E-state index in [9.17, 15) is 0 Å². The molecule has 0 radical (unpaired) electrons. The standard InChI is InChI=1S/C16H26N2O/c1-16(2,3)18-12-14-11-15(7-9-17-14)19-10-8-13-5-4-6-13/h7,9,11,13,18H,4-6,8,10,12H2,1-3H3. The van der Waals surface area contributed by atoms with Gasteiger partial charge in [-0.05, 0) is 39.2 Å². The van der Waals surface area contributed by atoms with Crippen molar-refractivity contribution < 1.29 is 4.74 Å². The molecule has 2 rings (SSSR count). The third-order valence-electron chi connectivity index (χ3n) is 3.61. The van der Waals surface area contributed by atoms with Gasteiger partial charge in [0, 0.05) is 24.3 Å². The molecule has 0 aromatic carbocycles. The summed E-state index contributed by atoms with van der Waals surface area (Å²) in [5, 5.41) is 3.44. The lowest BCUT2D eigenvalue weighted by atomic mass is 9.83. The van der Waals surface area contributed by atoms with Crippen molar-refractivity contribution in [3.63, 3.8) is 0 Å². The normalized spacial score (nSPS) is 16.2. The van der Waals surface area contributed by atoms with E-state index >= 15 is 0 Å². The molecule has 1 aliphatic carbocycles. The number of nitrogens with one attached hydrogen (secondary N) is 1. The molecule has 1 heterocycles. The minimum Gasteiger partial charge on any atom is -0.493 e. The van der Waals surface area contributed by atoms with Crippen molar-refractivity contribution in [1.82, 2.24) is 10.3 Å². The zero-order chi connectivity index (χ0) is 13.7. The fraction of sp³-hybridized carbons (Fsp3) is 0.688. The molecule has 1 aromatic heterocycles. The second-order valence-electron chi connectivity index (χ2n) is 6.52. The molecule has 0 atom stereocenters. The van der Waals surface area contributed by atoms with Gasteiger partial charge in [0.1, 0.15) is 5.75 Å². The van der Waals surface area contributed by atoms with Gasteiger partial charge in [0.25, 0.3) is 0 Å². The molecule has 106 valence electrons.